The fourth-order valence-corrected chi connectivity index (χ4v) is 2.99. The third-order valence-corrected chi connectivity index (χ3v) is 4.40. The predicted octanol–water partition coefficient (Wildman–Crippen LogP) is 1.09. The molecule has 8 nitrogen and oxygen atoms in total. The Morgan fingerprint density at radius 1 is 1.08 bits per heavy atom. The number of fused-ring (bicyclic) bond motifs is 1. The van der Waals surface area contributed by atoms with Gasteiger partial charge in [-0.1, -0.05) is 0 Å². The monoisotopic (exact) mass is 351 g/mol. The summed E-state index contributed by atoms with van der Waals surface area (Å²) in [5.41, 5.74) is 1.03. The van der Waals surface area contributed by atoms with Gasteiger partial charge in [0.05, 0.1) is 19.3 Å². The Morgan fingerprint density at radius 3 is 2.50 bits per heavy atom. The van der Waals surface area contributed by atoms with E-state index in [-0.39, 0.29) is 18.1 Å². The molecule has 0 spiro atoms. The standard InChI is InChI=1S/C18H17N5O3/c1-26-15-4-2-13(3-5-15)17(24)21-10-11-22-16(12-21)20-23(18(22)25)14-6-8-19-9-7-14/h2-9H,10-12H2,1H3. The third-order valence-electron chi connectivity index (χ3n) is 4.40. The maximum atomic E-state index is 12.7. The predicted molar refractivity (Wildman–Crippen MR) is 93.4 cm³/mol. The van der Waals surface area contributed by atoms with Crippen LogP contribution in [0.2, 0.25) is 0 Å². The largest absolute Gasteiger partial charge is 0.497 e. The Labute approximate surface area is 149 Å². The molecule has 0 saturated heterocycles. The lowest BCUT2D eigenvalue weighted by Crippen LogP contribution is -2.40. The number of hydrogen-bond acceptors (Lipinski definition) is 5. The Balaban J connectivity index is 1.60. The first-order chi connectivity index (χ1) is 12.7. The molecule has 2 aromatic heterocycles. The number of benzene rings is 1. The van der Waals surface area contributed by atoms with Gasteiger partial charge in [-0.3, -0.25) is 14.3 Å². The van der Waals surface area contributed by atoms with Gasteiger partial charge in [-0.2, -0.15) is 4.68 Å². The average Bonchev–Trinajstić information content (AvgIpc) is 3.04. The van der Waals surface area contributed by atoms with Crippen molar-refractivity contribution >= 4 is 5.91 Å². The molecule has 1 amide bonds. The summed E-state index contributed by atoms with van der Waals surface area (Å²) >= 11 is 0. The molecule has 8 heteroatoms. The van der Waals surface area contributed by atoms with E-state index in [1.54, 1.807) is 65.4 Å². The number of amides is 1. The van der Waals surface area contributed by atoms with Crippen LogP contribution in [0, 0.1) is 0 Å². The number of hydrogen-bond donors (Lipinski definition) is 0. The van der Waals surface area contributed by atoms with Gasteiger partial charge in [-0.15, -0.1) is 5.10 Å². The molecule has 1 aromatic carbocycles. The summed E-state index contributed by atoms with van der Waals surface area (Å²) in [7, 11) is 1.58. The molecule has 26 heavy (non-hydrogen) atoms. The van der Waals surface area contributed by atoms with Gasteiger partial charge >= 0.3 is 5.69 Å². The molecule has 3 heterocycles. The van der Waals surface area contributed by atoms with Crippen LogP contribution in [0.5, 0.6) is 5.75 Å². The molecule has 0 atom stereocenters. The summed E-state index contributed by atoms with van der Waals surface area (Å²) in [5, 5.41) is 4.40. The number of carbonyl (C=O) groups is 1. The zero-order chi connectivity index (χ0) is 18.1. The lowest BCUT2D eigenvalue weighted by atomic mass is 10.2. The highest BCUT2D eigenvalue weighted by Crippen LogP contribution is 2.16. The summed E-state index contributed by atoms with van der Waals surface area (Å²) in [4.78, 5) is 30.9. The zero-order valence-electron chi connectivity index (χ0n) is 14.2. The Kier molecular flexibility index (Phi) is 4.00. The second-order valence-electron chi connectivity index (χ2n) is 5.92. The van der Waals surface area contributed by atoms with Crippen molar-refractivity contribution in [2.24, 2.45) is 0 Å². The van der Waals surface area contributed by atoms with E-state index in [1.807, 2.05) is 0 Å². The molecule has 4 rings (SSSR count). The Morgan fingerprint density at radius 2 is 1.81 bits per heavy atom. The maximum absolute atomic E-state index is 12.7. The van der Waals surface area contributed by atoms with Crippen LogP contribution in [0.4, 0.5) is 0 Å². The number of carbonyl (C=O) groups excluding carboxylic acids is 1. The van der Waals surface area contributed by atoms with Crippen LogP contribution in [0.25, 0.3) is 5.69 Å². The lowest BCUT2D eigenvalue weighted by Gasteiger charge is -2.26. The van der Waals surface area contributed by atoms with Crippen molar-refractivity contribution in [3.05, 3.63) is 70.7 Å². The summed E-state index contributed by atoms with van der Waals surface area (Å²) in [5.74, 6) is 1.18. The van der Waals surface area contributed by atoms with Crippen molar-refractivity contribution in [2.75, 3.05) is 13.7 Å². The fourth-order valence-electron chi connectivity index (χ4n) is 2.99. The summed E-state index contributed by atoms with van der Waals surface area (Å²) in [6, 6.07) is 10.4. The summed E-state index contributed by atoms with van der Waals surface area (Å²) in [6.45, 7) is 1.17. The van der Waals surface area contributed by atoms with E-state index in [0.29, 0.717) is 35.9 Å². The second-order valence-corrected chi connectivity index (χ2v) is 5.92. The average molecular weight is 351 g/mol. The second kappa shape index (κ2) is 6.47. The van der Waals surface area contributed by atoms with Gasteiger partial charge in [0.1, 0.15) is 5.75 Å². The first-order valence-electron chi connectivity index (χ1n) is 8.20. The van der Waals surface area contributed by atoms with E-state index >= 15 is 0 Å². The fraction of sp³-hybridized carbons (Fsp3) is 0.222. The van der Waals surface area contributed by atoms with E-state index in [1.165, 1.54) is 4.68 Å². The first kappa shape index (κ1) is 16.1. The topological polar surface area (TPSA) is 82.2 Å². The van der Waals surface area contributed by atoms with Gasteiger partial charge in [0, 0.05) is 31.0 Å². The van der Waals surface area contributed by atoms with Gasteiger partial charge in [0.25, 0.3) is 5.91 Å². The van der Waals surface area contributed by atoms with Crippen molar-refractivity contribution in [2.45, 2.75) is 13.1 Å². The normalized spacial score (nSPS) is 13.3. The number of pyridine rings is 1. The van der Waals surface area contributed by atoms with Crippen LogP contribution in [0.15, 0.2) is 53.6 Å². The molecular formula is C18H17N5O3. The molecule has 1 aliphatic rings. The molecule has 0 bridgehead atoms. The van der Waals surface area contributed by atoms with Crippen molar-refractivity contribution in [1.29, 1.82) is 0 Å². The van der Waals surface area contributed by atoms with Crippen molar-refractivity contribution in [1.82, 2.24) is 24.2 Å². The van der Waals surface area contributed by atoms with E-state index < -0.39 is 0 Å². The highest BCUT2D eigenvalue weighted by molar-refractivity contribution is 5.94. The number of ether oxygens (including phenoxy) is 1. The molecular weight excluding hydrogens is 334 g/mol. The van der Waals surface area contributed by atoms with Crippen LogP contribution >= 0.6 is 0 Å². The lowest BCUT2D eigenvalue weighted by molar-refractivity contribution is 0.0706. The van der Waals surface area contributed by atoms with Crippen molar-refractivity contribution in [3.8, 4) is 11.4 Å². The summed E-state index contributed by atoms with van der Waals surface area (Å²) in [6.07, 6.45) is 3.22. The van der Waals surface area contributed by atoms with Gasteiger partial charge in [-0.05, 0) is 36.4 Å². The molecule has 0 aliphatic carbocycles. The van der Waals surface area contributed by atoms with Crippen molar-refractivity contribution < 1.29 is 9.53 Å². The first-order valence-corrected chi connectivity index (χ1v) is 8.20. The van der Waals surface area contributed by atoms with Gasteiger partial charge in [0.15, 0.2) is 5.82 Å². The minimum atomic E-state index is -0.206. The Hall–Kier alpha value is -3.42. The summed E-state index contributed by atoms with van der Waals surface area (Å²) < 4.78 is 8.07. The molecule has 0 N–H and O–H groups in total. The Bertz CT molecular complexity index is 992. The SMILES string of the molecule is COc1ccc(C(=O)N2CCn3c(nn(-c4ccncc4)c3=O)C2)cc1. The molecule has 1 aliphatic heterocycles. The number of aromatic nitrogens is 4. The molecule has 0 unspecified atom stereocenters. The minimum absolute atomic E-state index is 0.0928. The molecule has 0 fully saturated rings. The molecule has 3 aromatic rings. The van der Waals surface area contributed by atoms with Crippen LogP contribution < -0.4 is 10.4 Å². The highest BCUT2D eigenvalue weighted by Gasteiger charge is 2.26. The van der Waals surface area contributed by atoms with Crippen LogP contribution in [0.1, 0.15) is 16.2 Å². The van der Waals surface area contributed by atoms with Gasteiger partial charge < -0.3 is 9.64 Å². The zero-order valence-corrected chi connectivity index (χ0v) is 14.2. The van der Waals surface area contributed by atoms with E-state index in [0.717, 1.165) is 0 Å². The van der Waals surface area contributed by atoms with E-state index in [4.69, 9.17) is 4.74 Å². The van der Waals surface area contributed by atoms with Crippen LogP contribution in [-0.4, -0.2) is 43.8 Å². The number of methoxy groups -OCH3 is 1. The van der Waals surface area contributed by atoms with Crippen LogP contribution in [0.3, 0.4) is 0 Å². The van der Waals surface area contributed by atoms with E-state index in [9.17, 15) is 9.59 Å². The van der Waals surface area contributed by atoms with Gasteiger partial charge in [-0.25, -0.2) is 4.79 Å². The quantitative estimate of drug-likeness (QED) is 0.706. The molecule has 0 saturated carbocycles. The van der Waals surface area contributed by atoms with E-state index in [2.05, 4.69) is 10.1 Å². The van der Waals surface area contributed by atoms with Gasteiger partial charge in [0.2, 0.25) is 0 Å². The maximum Gasteiger partial charge on any atom is 0.350 e. The van der Waals surface area contributed by atoms with Crippen molar-refractivity contribution in [3.63, 3.8) is 0 Å². The minimum Gasteiger partial charge on any atom is -0.497 e. The number of rotatable bonds is 3. The molecule has 0 radical (unpaired) electrons. The highest BCUT2D eigenvalue weighted by atomic mass is 16.5. The smallest absolute Gasteiger partial charge is 0.350 e. The number of nitrogens with zero attached hydrogens (tertiary/aromatic N) is 5. The van der Waals surface area contributed by atoms with Crippen LogP contribution in [-0.2, 0) is 13.1 Å². The molecule has 132 valence electrons. The third kappa shape index (κ3) is 2.75.